The molecule has 0 atom stereocenters. The number of hydrogen-bond acceptors (Lipinski definition) is 4. The second-order valence-electron chi connectivity index (χ2n) is 6.42. The van der Waals surface area contributed by atoms with Crippen molar-refractivity contribution in [1.82, 2.24) is 9.80 Å². The molecule has 134 valence electrons. The molecule has 2 heterocycles. The number of nitrogens with zero attached hydrogens (tertiary/aromatic N) is 2. The van der Waals surface area contributed by atoms with Gasteiger partial charge in [0.25, 0.3) is 5.91 Å². The molecule has 6 heteroatoms. The van der Waals surface area contributed by atoms with Gasteiger partial charge in [0.1, 0.15) is 0 Å². The van der Waals surface area contributed by atoms with E-state index in [1.807, 2.05) is 16.7 Å². The Morgan fingerprint density at radius 1 is 1.33 bits per heavy atom. The van der Waals surface area contributed by atoms with Crippen molar-refractivity contribution in [1.29, 1.82) is 0 Å². The van der Waals surface area contributed by atoms with Crippen molar-refractivity contribution in [3.8, 4) is 0 Å². The van der Waals surface area contributed by atoms with Crippen LogP contribution in [-0.4, -0.2) is 59.0 Å². The molecule has 1 saturated heterocycles. The lowest BCUT2D eigenvalue weighted by Gasteiger charge is -2.37. The van der Waals surface area contributed by atoms with Crippen LogP contribution in [0.5, 0.6) is 0 Å². The molecule has 1 N–H and O–H groups in total. The summed E-state index contributed by atoms with van der Waals surface area (Å²) in [7, 11) is 0. The smallest absolute Gasteiger partial charge is 0.317 e. The second-order valence-corrected chi connectivity index (χ2v) is 7.68. The van der Waals surface area contributed by atoms with Crippen LogP contribution in [-0.2, 0) is 11.2 Å². The van der Waals surface area contributed by atoms with Crippen LogP contribution in [0, 0.1) is 6.92 Å². The predicted octanol–water partition coefficient (Wildman–Crippen LogP) is 3.02. The van der Waals surface area contributed by atoms with Crippen molar-refractivity contribution in [2.75, 3.05) is 26.2 Å². The molecule has 24 heavy (non-hydrogen) atoms. The largest absolute Gasteiger partial charge is 0.480 e. The molecule has 0 bridgehead atoms. The molecule has 0 aliphatic carbocycles. The Kier molecular flexibility index (Phi) is 6.80. The van der Waals surface area contributed by atoms with Crippen LogP contribution in [0.1, 0.15) is 53.2 Å². The molecule has 0 unspecified atom stereocenters. The highest BCUT2D eigenvalue weighted by atomic mass is 32.1. The monoisotopic (exact) mass is 352 g/mol. The molecule has 5 nitrogen and oxygen atoms in total. The van der Waals surface area contributed by atoms with Gasteiger partial charge in [-0.05, 0) is 44.4 Å². The van der Waals surface area contributed by atoms with Crippen LogP contribution in [0.25, 0.3) is 0 Å². The molecule has 2 rings (SSSR count). The quantitative estimate of drug-likeness (QED) is 0.819. The van der Waals surface area contributed by atoms with Gasteiger partial charge in [-0.2, -0.15) is 0 Å². The fourth-order valence-corrected chi connectivity index (χ4v) is 4.45. The fourth-order valence-electron chi connectivity index (χ4n) is 3.41. The Morgan fingerprint density at radius 3 is 2.54 bits per heavy atom. The lowest BCUT2D eigenvalue weighted by atomic mass is 10.0. The first-order valence-electron chi connectivity index (χ1n) is 8.80. The second kappa shape index (κ2) is 8.62. The molecule has 1 aliphatic heterocycles. The summed E-state index contributed by atoms with van der Waals surface area (Å²) < 4.78 is 0. The average Bonchev–Trinajstić information content (AvgIpc) is 2.93. The van der Waals surface area contributed by atoms with E-state index in [-0.39, 0.29) is 18.5 Å². The van der Waals surface area contributed by atoms with Crippen LogP contribution >= 0.6 is 11.3 Å². The minimum Gasteiger partial charge on any atom is -0.480 e. The van der Waals surface area contributed by atoms with E-state index < -0.39 is 5.97 Å². The summed E-state index contributed by atoms with van der Waals surface area (Å²) in [4.78, 5) is 29.7. The number of thiophene rings is 1. The molecule has 1 fully saturated rings. The molecule has 0 spiro atoms. The van der Waals surface area contributed by atoms with Crippen molar-refractivity contribution in [2.45, 2.75) is 52.5 Å². The number of carboxylic acids is 1. The molecule has 1 aliphatic rings. The van der Waals surface area contributed by atoms with E-state index in [1.54, 1.807) is 11.3 Å². The molecule has 1 aromatic heterocycles. The SMILES string of the molecule is CCCc1cc(C(=O)N2CCC(N(CC)CC(=O)O)CC2)sc1C. The number of hydrogen-bond donors (Lipinski definition) is 1. The summed E-state index contributed by atoms with van der Waals surface area (Å²) >= 11 is 1.60. The maximum Gasteiger partial charge on any atom is 0.317 e. The van der Waals surface area contributed by atoms with Crippen LogP contribution in [0.2, 0.25) is 0 Å². The van der Waals surface area contributed by atoms with E-state index in [4.69, 9.17) is 5.11 Å². The number of carbonyl (C=O) groups excluding carboxylic acids is 1. The third-order valence-corrected chi connectivity index (χ3v) is 5.84. The Hall–Kier alpha value is -1.40. The summed E-state index contributed by atoms with van der Waals surface area (Å²) in [6.07, 6.45) is 3.81. The van der Waals surface area contributed by atoms with E-state index in [9.17, 15) is 9.59 Å². The minimum atomic E-state index is -0.784. The van der Waals surface area contributed by atoms with Gasteiger partial charge in [-0.1, -0.05) is 20.3 Å². The van der Waals surface area contributed by atoms with Crippen molar-refractivity contribution in [3.05, 3.63) is 21.4 Å². The molecule has 1 amide bonds. The number of rotatable bonds is 7. The van der Waals surface area contributed by atoms with Crippen LogP contribution in [0.4, 0.5) is 0 Å². The molecule has 0 aromatic carbocycles. The molecular formula is C18H28N2O3S. The van der Waals surface area contributed by atoms with Crippen molar-refractivity contribution >= 4 is 23.2 Å². The first-order valence-corrected chi connectivity index (χ1v) is 9.62. The van der Waals surface area contributed by atoms with E-state index in [1.165, 1.54) is 10.4 Å². The van der Waals surface area contributed by atoms with Gasteiger partial charge in [0.2, 0.25) is 0 Å². The summed E-state index contributed by atoms with van der Waals surface area (Å²) in [5, 5.41) is 9.00. The third kappa shape index (κ3) is 4.57. The number of aliphatic carboxylic acids is 1. The van der Waals surface area contributed by atoms with Crippen molar-refractivity contribution in [3.63, 3.8) is 0 Å². The molecule has 0 radical (unpaired) electrons. The Labute approximate surface area is 148 Å². The van der Waals surface area contributed by atoms with Crippen LogP contribution < -0.4 is 0 Å². The van der Waals surface area contributed by atoms with E-state index in [2.05, 4.69) is 19.9 Å². The number of likely N-dealkylation sites (N-methyl/N-ethyl adjacent to an activating group) is 1. The minimum absolute atomic E-state index is 0.0829. The predicted molar refractivity (Wildman–Crippen MR) is 96.9 cm³/mol. The van der Waals surface area contributed by atoms with Gasteiger partial charge in [0, 0.05) is 24.0 Å². The van der Waals surface area contributed by atoms with E-state index >= 15 is 0 Å². The highest BCUT2D eigenvalue weighted by molar-refractivity contribution is 7.14. The van der Waals surface area contributed by atoms with Gasteiger partial charge in [-0.3, -0.25) is 14.5 Å². The molecular weight excluding hydrogens is 324 g/mol. The number of carboxylic acid groups (broad SMARTS) is 1. The zero-order chi connectivity index (χ0) is 17.7. The number of amides is 1. The van der Waals surface area contributed by atoms with Gasteiger partial charge >= 0.3 is 5.97 Å². The zero-order valence-electron chi connectivity index (χ0n) is 14.9. The first kappa shape index (κ1) is 18.9. The topological polar surface area (TPSA) is 60.9 Å². The first-order chi connectivity index (χ1) is 11.5. The third-order valence-electron chi connectivity index (χ3n) is 4.76. The van der Waals surface area contributed by atoms with Crippen LogP contribution in [0.3, 0.4) is 0 Å². The zero-order valence-corrected chi connectivity index (χ0v) is 15.7. The van der Waals surface area contributed by atoms with Gasteiger partial charge < -0.3 is 10.0 Å². The van der Waals surface area contributed by atoms with Gasteiger partial charge in [0.05, 0.1) is 11.4 Å². The summed E-state index contributed by atoms with van der Waals surface area (Å²) in [6, 6.07) is 2.32. The van der Waals surface area contributed by atoms with E-state index in [0.29, 0.717) is 13.1 Å². The Morgan fingerprint density at radius 2 is 2.00 bits per heavy atom. The summed E-state index contributed by atoms with van der Waals surface area (Å²) in [5.41, 5.74) is 1.29. The Balaban J connectivity index is 1.95. The van der Waals surface area contributed by atoms with Gasteiger partial charge in [-0.25, -0.2) is 0 Å². The normalized spacial score (nSPS) is 15.9. The fraction of sp³-hybridized carbons (Fsp3) is 0.667. The Bertz CT molecular complexity index is 577. The van der Waals surface area contributed by atoms with Gasteiger partial charge in [0.15, 0.2) is 0 Å². The number of piperidine rings is 1. The average molecular weight is 353 g/mol. The maximum absolute atomic E-state index is 12.7. The molecule has 1 aromatic rings. The number of aryl methyl sites for hydroxylation is 2. The number of carbonyl (C=O) groups is 2. The number of likely N-dealkylation sites (tertiary alicyclic amines) is 1. The van der Waals surface area contributed by atoms with Gasteiger partial charge in [-0.15, -0.1) is 11.3 Å². The lowest BCUT2D eigenvalue weighted by Crippen LogP contribution is -2.48. The summed E-state index contributed by atoms with van der Waals surface area (Å²) in [6.45, 7) is 8.46. The highest BCUT2D eigenvalue weighted by Gasteiger charge is 2.28. The van der Waals surface area contributed by atoms with Crippen molar-refractivity contribution < 1.29 is 14.7 Å². The van der Waals surface area contributed by atoms with E-state index in [0.717, 1.165) is 37.1 Å². The lowest BCUT2D eigenvalue weighted by molar-refractivity contribution is -0.139. The van der Waals surface area contributed by atoms with Crippen molar-refractivity contribution in [2.24, 2.45) is 0 Å². The molecule has 0 saturated carbocycles. The highest BCUT2D eigenvalue weighted by Crippen LogP contribution is 2.26. The standard InChI is InChI=1S/C18H28N2O3S/c1-4-6-14-11-16(24-13(14)3)18(23)20-9-7-15(8-10-20)19(5-2)12-17(21)22/h11,15H,4-10,12H2,1-3H3,(H,21,22). The maximum atomic E-state index is 12.7. The summed E-state index contributed by atoms with van der Waals surface area (Å²) in [5.74, 6) is -0.655. The van der Waals surface area contributed by atoms with Crippen LogP contribution in [0.15, 0.2) is 6.07 Å².